The molecule has 0 saturated carbocycles. The number of hydrogen-bond donors (Lipinski definition) is 0. The number of nitrogens with zero attached hydrogens (tertiary/aromatic N) is 3. The van der Waals surface area contributed by atoms with Crippen LogP contribution in [0.1, 0.15) is 12.1 Å². The summed E-state index contributed by atoms with van der Waals surface area (Å²) in [5.41, 5.74) is -0.334. The minimum Gasteiger partial charge on any atom is -0.543 e. The van der Waals surface area contributed by atoms with Gasteiger partial charge in [0.25, 0.3) is 5.91 Å². The molecule has 0 N–H and O–H groups in total. The van der Waals surface area contributed by atoms with Gasteiger partial charge in [0.15, 0.2) is 15.2 Å². The molecular weight excluding hydrogens is 357 g/mol. The van der Waals surface area contributed by atoms with Crippen molar-refractivity contribution in [3.05, 3.63) is 46.9 Å². The number of pyridine rings is 1. The van der Waals surface area contributed by atoms with Crippen molar-refractivity contribution in [3.8, 4) is 6.07 Å². The molecule has 3 heterocycles. The molecule has 0 aromatic carbocycles. The molecule has 0 unspecified atom stereocenters. The zero-order chi connectivity index (χ0) is 17.5. The van der Waals surface area contributed by atoms with Gasteiger partial charge in [0.05, 0.1) is 41.2 Å². The van der Waals surface area contributed by atoms with Crippen LogP contribution in [0.2, 0.25) is 0 Å². The number of aromatic nitrogens is 1. The molecular formula is C15H10N3NaO5S. The summed E-state index contributed by atoms with van der Waals surface area (Å²) in [6, 6.07) is 6.64. The summed E-state index contributed by atoms with van der Waals surface area (Å²) < 4.78 is 24.9. The van der Waals surface area contributed by atoms with Crippen LogP contribution < -0.4 is 34.7 Å². The summed E-state index contributed by atoms with van der Waals surface area (Å²) in [5, 5.41) is 18.7. The van der Waals surface area contributed by atoms with Gasteiger partial charge in [0, 0.05) is 6.20 Å². The Hall–Kier alpha value is -1.99. The molecule has 1 aromatic heterocycles. The van der Waals surface area contributed by atoms with Crippen LogP contribution in [0.25, 0.3) is 6.08 Å². The molecule has 3 rings (SSSR count). The van der Waals surface area contributed by atoms with Crippen LogP contribution in [-0.2, 0) is 19.4 Å². The van der Waals surface area contributed by atoms with Crippen molar-refractivity contribution in [3.63, 3.8) is 0 Å². The van der Waals surface area contributed by atoms with E-state index in [1.54, 1.807) is 24.3 Å². The van der Waals surface area contributed by atoms with Gasteiger partial charge in [-0.3, -0.25) is 14.7 Å². The number of carboxylic acids is 1. The van der Waals surface area contributed by atoms with E-state index in [9.17, 15) is 23.1 Å². The number of hydrogen-bond acceptors (Lipinski definition) is 7. The van der Waals surface area contributed by atoms with Gasteiger partial charge >= 0.3 is 29.6 Å². The molecule has 122 valence electrons. The van der Waals surface area contributed by atoms with Crippen LogP contribution in [0.3, 0.4) is 0 Å². The van der Waals surface area contributed by atoms with E-state index < -0.39 is 45.0 Å². The zero-order valence-corrected chi connectivity index (χ0v) is 16.0. The Morgan fingerprint density at radius 1 is 1.48 bits per heavy atom. The number of nitriles is 1. The summed E-state index contributed by atoms with van der Waals surface area (Å²) in [6.45, 7) is 0. The van der Waals surface area contributed by atoms with Crippen molar-refractivity contribution in [2.45, 2.75) is 11.8 Å². The molecule has 0 bridgehead atoms. The normalized spacial score (nSPS) is 22.5. The second-order valence-corrected chi connectivity index (χ2v) is 7.32. The standard InChI is InChI=1S/C15H11N3O5S.Na/c16-5-4-9-8-24(22,23)14-11(7-10-3-1-2-6-17-10)13(19)18(14)12(9)15(20)21;/h1-3,6-7,14H,4,8H2,(H,20,21);/q;+1/p-1/b11-7-;/t14-;/m1./s1. The van der Waals surface area contributed by atoms with E-state index in [0.717, 1.165) is 0 Å². The predicted molar refractivity (Wildman–Crippen MR) is 78.9 cm³/mol. The van der Waals surface area contributed by atoms with Crippen molar-refractivity contribution in [1.29, 1.82) is 5.26 Å². The second-order valence-electron chi connectivity index (χ2n) is 5.26. The Morgan fingerprint density at radius 2 is 2.20 bits per heavy atom. The van der Waals surface area contributed by atoms with Gasteiger partial charge in [-0.25, -0.2) is 8.42 Å². The largest absolute Gasteiger partial charge is 1.00 e. The van der Waals surface area contributed by atoms with Crippen molar-refractivity contribution >= 4 is 27.8 Å². The monoisotopic (exact) mass is 367 g/mol. The van der Waals surface area contributed by atoms with Crippen LogP contribution in [-0.4, -0.2) is 41.3 Å². The maximum atomic E-state index is 12.4. The fourth-order valence-corrected chi connectivity index (χ4v) is 4.74. The number of rotatable bonds is 3. The molecule has 1 amide bonds. The molecule has 0 radical (unpaired) electrons. The van der Waals surface area contributed by atoms with Gasteiger partial charge < -0.3 is 9.90 Å². The molecule has 1 fully saturated rings. The first-order valence-electron chi connectivity index (χ1n) is 6.85. The molecule has 8 nitrogen and oxygen atoms in total. The average molecular weight is 367 g/mol. The smallest absolute Gasteiger partial charge is 0.543 e. The van der Waals surface area contributed by atoms with Crippen molar-refractivity contribution in [2.75, 3.05) is 5.75 Å². The Balaban J connectivity index is 0.00000225. The van der Waals surface area contributed by atoms with Crippen LogP contribution in [0.5, 0.6) is 0 Å². The number of aliphatic carboxylic acids is 1. The molecule has 2 aliphatic rings. The minimum atomic E-state index is -3.85. The van der Waals surface area contributed by atoms with Gasteiger partial charge in [-0.15, -0.1) is 0 Å². The Morgan fingerprint density at radius 3 is 2.76 bits per heavy atom. The van der Waals surface area contributed by atoms with Gasteiger partial charge in [0.2, 0.25) is 0 Å². The topological polar surface area (TPSA) is 131 Å². The summed E-state index contributed by atoms with van der Waals surface area (Å²) >= 11 is 0. The first-order chi connectivity index (χ1) is 11.4. The summed E-state index contributed by atoms with van der Waals surface area (Å²) in [4.78, 5) is 28.3. The molecule has 25 heavy (non-hydrogen) atoms. The van der Waals surface area contributed by atoms with Crippen LogP contribution in [0, 0.1) is 11.3 Å². The number of amides is 1. The predicted octanol–water partition coefficient (Wildman–Crippen LogP) is -4.02. The van der Waals surface area contributed by atoms with E-state index in [1.807, 2.05) is 0 Å². The number of carbonyl (C=O) groups is 2. The summed E-state index contributed by atoms with van der Waals surface area (Å²) in [6.07, 6.45) is 2.40. The van der Waals surface area contributed by atoms with E-state index in [1.165, 1.54) is 12.3 Å². The summed E-state index contributed by atoms with van der Waals surface area (Å²) in [7, 11) is -3.85. The van der Waals surface area contributed by atoms with E-state index in [4.69, 9.17) is 5.26 Å². The Labute approximate surface area is 165 Å². The maximum Gasteiger partial charge on any atom is 1.00 e. The molecule has 1 aromatic rings. The maximum absolute atomic E-state index is 12.4. The Bertz CT molecular complexity index is 947. The van der Waals surface area contributed by atoms with Crippen molar-refractivity contribution in [2.24, 2.45) is 0 Å². The molecule has 1 atom stereocenters. The fourth-order valence-electron chi connectivity index (χ4n) is 2.78. The second kappa shape index (κ2) is 7.09. The third kappa shape index (κ3) is 3.26. The molecule has 0 spiro atoms. The third-order valence-electron chi connectivity index (χ3n) is 3.73. The van der Waals surface area contributed by atoms with Gasteiger partial charge in [-0.05, 0) is 23.8 Å². The van der Waals surface area contributed by atoms with E-state index in [-0.39, 0.29) is 40.7 Å². The molecule has 0 aliphatic carbocycles. The van der Waals surface area contributed by atoms with Crippen molar-refractivity contribution < 1.29 is 52.7 Å². The number of carbonyl (C=O) groups excluding carboxylic acids is 2. The first kappa shape index (κ1) is 19.3. The Kier molecular flexibility index (Phi) is 5.49. The first-order valence-corrected chi connectivity index (χ1v) is 8.56. The quantitative estimate of drug-likeness (QED) is 0.302. The van der Waals surface area contributed by atoms with E-state index >= 15 is 0 Å². The third-order valence-corrected chi connectivity index (χ3v) is 5.63. The van der Waals surface area contributed by atoms with E-state index in [0.29, 0.717) is 10.6 Å². The SMILES string of the molecule is N#CCC1=C(C(=O)[O-])N2C(=O)/C(=C/c3ccccn3)[C@H]2S(=O)(=O)C1.[Na+]. The zero-order valence-electron chi connectivity index (χ0n) is 13.2. The van der Waals surface area contributed by atoms with Crippen molar-refractivity contribution in [1.82, 2.24) is 9.88 Å². The number of fused-ring (bicyclic) bond motifs is 1. The van der Waals surface area contributed by atoms with Crippen LogP contribution >= 0.6 is 0 Å². The molecule has 2 aliphatic heterocycles. The number of sulfone groups is 1. The average Bonchev–Trinajstić information content (AvgIpc) is 2.52. The summed E-state index contributed by atoms with van der Waals surface area (Å²) in [5.74, 6) is -3.02. The fraction of sp³-hybridized carbons (Fsp3) is 0.200. The van der Waals surface area contributed by atoms with Crippen LogP contribution in [0.15, 0.2) is 41.2 Å². The van der Waals surface area contributed by atoms with Gasteiger partial charge in [0.1, 0.15) is 0 Å². The minimum absolute atomic E-state index is 0. The van der Waals surface area contributed by atoms with E-state index in [2.05, 4.69) is 4.98 Å². The molecule has 1 saturated heterocycles. The number of β-lactam (4-membered cyclic amide) rings is 1. The van der Waals surface area contributed by atoms with Gasteiger partial charge in [-0.2, -0.15) is 5.26 Å². The number of carboxylic acid groups (broad SMARTS) is 1. The van der Waals surface area contributed by atoms with Crippen LogP contribution in [0.4, 0.5) is 0 Å². The molecule has 10 heteroatoms. The van der Waals surface area contributed by atoms with Gasteiger partial charge in [-0.1, -0.05) is 6.07 Å².